The van der Waals surface area contributed by atoms with Crippen molar-refractivity contribution in [1.82, 2.24) is 0 Å². The van der Waals surface area contributed by atoms with E-state index in [9.17, 15) is 0 Å². The average molecular weight is 200 g/mol. The molecule has 1 aromatic rings. The van der Waals surface area contributed by atoms with Crippen molar-refractivity contribution in [2.45, 2.75) is 13.8 Å². The van der Waals surface area contributed by atoms with Crippen LogP contribution >= 0.6 is 12.4 Å². The summed E-state index contributed by atoms with van der Waals surface area (Å²) in [5.74, 6) is 0.248. The standard InChI is InChI=1S/C10H13NO.ClH/c1-3-12-10(11)9-6-4-8(2)5-7-9;/h4-7,11H,3H2,1-2H3;1H. The van der Waals surface area contributed by atoms with Gasteiger partial charge in [-0.15, -0.1) is 12.4 Å². The number of ether oxygens (including phenoxy) is 1. The number of rotatable bonds is 2. The molecule has 0 radical (unpaired) electrons. The average Bonchev–Trinajstić information content (AvgIpc) is 2.06. The summed E-state index contributed by atoms with van der Waals surface area (Å²) in [6.07, 6.45) is 0. The molecule has 0 atom stereocenters. The van der Waals surface area contributed by atoms with Gasteiger partial charge in [0.25, 0.3) is 0 Å². The van der Waals surface area contributed by atoms with E-state index in [1.54, 1.807) is 0 Å². The fraction of sp³-hybridized carbons (Fsp3) is 0.300. The van der Waals surface area contributed by atoms with Gasteiger partial charge in [0.05, 0.1) is 6.61 Å². The molecule has 13 heavy (non-hydrogen) atoms. The molecule has 0 unspecified atom stereocenters. The number of aryl methyl sites for hydroxylation is 1. The smallest absolute Gasteiger partial charge is 0.213 e. The minimum Gasteiger partial charge on any atom is -0.478 e. The molecular weight excluding hydrogens is 186 g/mol. The molecule has 2 nitrogen and oxygen atoms in total. The summed E-state index contributed by atoms with van der Waals surface area (Å²) in [6, 6.07) is 7.74. The van der Waals surface area contributed by atoms with Crippen molar-refractivity contribution in [3.8, 4) is 0 Å². The van der Waals surface area contributed by atoms with E-state index in [0.717, 1.165) is 5.56 Å². The van der Waals surface area contributed by atoms with Crippen molar-refractivity contribution in [2.75, 3.05) is 6.61 Å². The van der Waals surface area contributed by atoms with Crippen molar-refractivity contribution in [1.29, 1.82) is 5.41 Å². The topological polar surface area (TPSA) is 33.1 Å². The first-order valence-corrected chi connectivity index (χ1v) is 4.02. The van der Waals surface area contributed by atoms with Crippen LogP contribution in [0.25, 0.3) is 0 Å². The van der Waals surface area contributed by atoms with E-state index >= 15 is 0 Å². The van der Waals surface area contributed by atoms with Crippen LogP contribution in [0.4, 0.5) is 0 Å². The summed E-state index contributed by atoms with van der Waals surface area (Å²) >= 11 is 0. The molecule has 0 aromatic heterocycles. The Morgan fingerprint density at radius 2 is 1.85 bits per heavy atom. The third-order valence-electron chi connectivity index (χ3n) is 1.60. The van der Waals surface area contributed by atoms with Gasteiger partial charge in [-0.2, -0.15) is 0 Å². The first-order chi connectivity index (χ1) is 5.74. The first kappa shape index (κ1) is 12.0. The lowest BCUT2D eigenvalue weighted by molar-refractivity contribution is 0.325. The lowest BCUT2D eigenvalue weighted by Crippen LogP contribution is -2.04. The molecule has 0 aliphatic heterocycles. The second-order valence-corrected chi connectivity index (χ2v) is 2.63. The Balaban J connectivity index is 0.00000144. The molecule has 0 spiro atoms. The summed E-state index contributed by atoms with van der Waals surface area (Å²) in [7, 11) is 0. The van der Waals surface area contributed by atoms with Crippen LogP contribution in [0.2, 0.25) is 0 Å². The normalized spacial score (nSPS) is 8.77. The predicted molar refractivity (Wildman–Crippen MR) is 56.9 cm³/mol. The lowest BCUT2D eigenvalue weighted by Gasteiger charge is -2.04. The van der Waals surface area contributed by atoms with Crippen LogP contribution in [0.1, 0.15) is 18.1 Å². The van der Waals surface area contributed by atoms with Crippen molar-refractivity contribution in [3.63, 3.8) is 0 Å². The van der Waals surface area contributed by atoms with Crippen molar-refractivity contribution in [3.05, 3.63) is 35.4 Å². The third-order valence-corrected chi connectivity index (χ3v) is 1.60. The Hall–Kier alpha value is -1.02. The predicted octanol–water partition coefficient (Wildman–Crippen LogP) is 2.78. The van der Waals surface area contributed by atoms with Crippen LogP contribution in [-0.2, 0) is 4.74 Å². The highest BCUT2D eigenvalue weighted by Crippen LogP contribution is 2.04. The maximum absolute atomic E-state index is 7.48. The number of halogens is 1. The monoisotopic (exact) mass is 199 g/mol. The summed E-state index contributed by atoms with van der Waals surface area (Å²) in [5, 5.41) is 7.48. The molecule has 0 fully saturated rings. The number of nitrogens with one attached hydrogen (secondary N) is 1. The van der Waals surface area contributed by atoms with Crippen LogP contribution in [0.3, 0.4) is 0 Å². The van der Waals surface area contributed by atoms with E-state index in [2.05, 4.69) is 0 Å². The molecule has 1 rings (SSSR count). The van der Waals surface area contributed by atoms with E-state index in [4.69, 9.17) is 10.1 Å². The molecule has 1 N–H and O–H groups in total. The number of hydrogen-bond donors (Lipinski definition) is 1. The molecule has 0 amide bonds. The molecular formula is C10H14ClNO. The molecule has 72 valence electrons. The van der Waals surface area contributed by atoms with Crippen molar-refractivity contribution < 1.29 is 4.74 Å². The molecule has 3 heteroatoms. The molecule has 0 heterocycles. The Morgan fingerprint density at radius 3 is 2.31 bits per heavy atom. The van der Waals surface area contributed by atoms with Crippen molar-refractivity contribution >= 4 is 18.3 Å². The zero-order valence-corrected chi connectivity index (χ0v) is 8.65. The Labute approximate surface area is 84.8 Å². The molecule has 0 aliphatic rings. The third kappa shape index (κ3) is 3.47. The van der Waals surface area contributed by atoms with E-state index in [0.29, 0.717) is 6.61 Å². The van der Waals surface area contributed by atoms with E-state index < -0.39 is 0 Å². The largest absolute Gasteiger partial charge is 0.478 e. The van der Waals surface area contributed by atoms with E-state index in [-0.39, 0.29) is 18.3 Å². The van der Waals surface area contributed by atoms with Gasteiger partial charge in [-0.05, 0) is 26.0 Å². The Kier molecular flexibility index (Phi) is 5.16. The maximum Gasteiger partial charge on any atom is 0.213 e. The van der Waals surface area contributed by atoms with Crippen LogP contribution < -0.4 is 0 Å². The van der Waals surface area contributed by atoms with Gasteiger partial charge in [0.1, 0.15) is 0 Å². The van der Waals surface area contributed by atoms with Crippen LogP contribution in [0.15, 0.2) is 24.3 Å². The van der Waals surface area contributed by atoms with Crippen LogP contribution in [0.5, 0.6) is 0 Å². The molecule has 0 aliphatic carbocycles. The molecule has 0 bridgehead atoms. The first-order valence-electron chi connectivity index (χ1n) is 4.02. The number of benzene rings is 1. The number of hydrogen-bond acceptors (Lipinski definition) is 2. The van der Waals surface area contributed by atoms with Crippen molar-refractivity contribution in [2.24, 2.45) is 0 Å². The second kappa shape index (κ2) is 5.60. The van der Waals surface area contributed by atoms with Gasteiger partial charge in [-0.25, -0.2) is 0 Å². The minimum absolute atomic E-state index is 0. The van der Waals surface area contributed by atoms with Gasteiger partial charge < -0.3 is 4.74 Å². The fourth-order valence-electron chi connectivity index (χ4n) is 0.933. The zero-order valence-electron chi connectivity index (χ0n) is 7.83. The van der Waals surface area contributed by atoms with Gasteiger partial charge in [0, 0.05) is 5.56 Å². The Bertz CT molecular complexity index is 269. The summed E-state index contributed by atoms with van der Waals surface area (Å²) in [6.45, 7) is 4.45. The fourth-order valence-corrected chi connectivity index (χ4v) is 0.933. The SMILES string of the molecule is CCOC(=N)c1ccc(C)cc1.Cl. The zero-order chi connectivity index (χ0) is 8.97. The molecule has 0 saturated heterocycles. The summed E-state index contributed by atoms with van der Waals surface area (Å²) in [5.41, 5.74) is 2.03. The second-order valence-electron chi connectivity index (χ2n) is 2.63. The highest BCUT2D eigenvalue weighted by Gasteiger charge is 1.99. The lowest BCUT2D eigenvalue weighted by atomic mass is 10.1. The van der Waals surface area contributed by atoms with Gasteiger partial charge in [0.2, 0.25) is 5.90 Å². The highest BCUT2D eigenvalue weighted by atomic mass is 35.5. The van der Waals surface area contributed by atoms with Gasteiger partial charge >= 0.3 is 0 Å². The summed E-state index contributed by atoms with van der Waals surface area (Å²) in [4.78, 5) is 0. The quantitative estimate of drug-likeness (QED) is 0.577. The van der Waals surface area contributed by atoms with E-state index in [1.807, 2.05) is 38.1 Å². The van der Waals surface area contributed by atoms with Crippen LogP contribution in [0, 0.1) is 12.3 Å². The Morgan fingerprint density at radius 1 is 1.31 bits per heavy atom. The molecule has 0 saturated carbocycles. The minimum atomic E-state index is 0. The molecule has 1 aromatic carbocycles. The van der Waals surface area contributed by atoms with Gasteiger partial charge in [-0.3, -0.25) is 5.41 Å². The van der Waals surface area contributed by atoms with E-state index in [1.165, 1.54) is 5.56 Å². The van der Waals surface area contributed by atoms with Gasteiger partial charge in [0.15, 0.2) is 0 Å². The maximum atomic E-state index is 7.48. The van der Waals surface area contributed by atoms with Gasteiger partial charge in [-0.1, -0.05) is 17.7 Å². The highest BCUT2D eigenvalue weighted by molar-refractivity contribution is 5.91. The van der Waals surface area contributed by atoms with Crippen LogP contribution in [-0.4, -0.2) is 12.5 Å². The summed E-state index contributed by atoms with van der Waals surface area (Å²) < 4.78 is 5.05.